The molecule has 2 fully saturated rings. The molecule has 0 aromatic heterocycles. The highest BCUT2D eigenvalue weighted by molar-refractivity contribution is 7.99. The number of rotatable bonds is 2. The Morgan fingerprint density at radius 2 is 2.11 bits per heavy atom. The predicted molar refractivity (Wildman–Crippen MR) is 70.5 cm³/mol. The lowest BCUT2D eigenvalue weighted by Crippen LogP contribution is -2.48. The van der Waals surface area contributed by atoms with Crippen LogP contribution in [-0.2, 0) is 4.79 Å². The summed E-state index contributed by atoms with van der Waals surface area (Å²) >= 11 is 1.51. The van der Waals surface area contributed by atoms with Crippen LogP contribution in [0.4, 0.5) is 4.79 Å². The van der Waals surface area contributed by atoms with Crippen LogP contribution in [0.15, 0.2) is 0 Å². The molecule has 2 aliphatic heterocycles. The van der Waals surface area contributed by atoms with Crippen molar-refractivity contribution in [2.75, 3.05) is 24.7 Å². The molecule has 102 valence electrons. The SMILES string of the molecule is CC(C)C1CCN(C(=O)N2CSCC2C(=O)O)C1. The number of hydrogen-bond acceptors (Lipinski definition) is 3. The van der Waals surface area contributed by atoms with Crippen molar-refractivity contribution in [3.8, 4) is 0 Å². The molecule has 6 heteroatoms. The van der Waals surface area contributed by atoms with Gasteiger partial charge in [-0.2, -0.15) is 0 Å². The van der Waals surface area contributed by atoms with E-state index in [1.807, 2.05) is 4.90 Å². The number of hydrogen-bond donors (Lipinski definition) is 1. The Kier molecular flexibility index (Phi) is 4.04. The molecule has 2 amide bonds. The summed E-state index contributed by atoms with van der Waals surface area (Å²) in [5, 5.41) is 9.09. The van der Waals surface area contributed by atoms with Crippen LogP contribution >= 0.6 is 11.8 Å². The quantitative estimate of drug-likeness (QED) is 0.828. The van der Waals surface area contributed by atoms with Crippen molar-refractivity contribution in [1.82, 2.24) is 9.80 Å². The molecular formula is C12H20N2O3S. The van der Waals surface area contributed by atoms with E-state index in [-0.39, 0.29) is 6.03 Å². The number of carboxylic acids is 1. The molecule has 0 bridgehead atoms. The zero-order valence-corrected chi connectivity index (χ0v) is 11.7. The summed E-state index contributed by atoms with van der Waals surface area (Å²) in [4.78, 5) is 26.7. The predicted octanol–water partition coefficient (Wildman–Crippen LogP) is 1.54. The first-order valence-corrected chi connectivity index (χ1v) is 7.52. The van der Waals surface area contributed by atoms with Crippen molar-refractivity contribution in [3.63, 3.8) is 0 Å². The van der Waals surface area contributed by atoms with Gasteiger partial charge in [0.05, 0.1) is 5.88 Å². The van der Waals surface area contributed by atoms with Gasteiger partial charge in [-0.3, -0.25) is 0 Å². The highest BCUT2D eigenvalue weighted by Gasteiger charge is 2.39. The fourth-order valence-corrected chi connectivity index (χ4v) is 3.66. The Bertz CT molecular complexity index is 348. The monoisotopic (exact) mass is 272 g/mol. The number of aliphatic carboxylic acids is 1. The summed E-state index contributed by atoms with van der Waals surface area (Å²) in [6.07, 6.45) is 1.03. The van der Waals surface area contributed by atoms with E-state index in [1.54, 1.807) is 0 Å². The van der Waals surface area contributed by atoms with E-state index in [2.05, 4.69) is 13.8 Å². The van der Waals surface area contributed by atoms with E-state index in [0.717, 1.165) is 19.5 Å². The lowest BCUT2D eigenvalue weighted by atomic mass is 9.95. The maximum atomic E-state index is 12.3. The zero-order chi connectivity index (χ0) is 13.3. The summed E-state index contributed by atoms with van der Waals surface area (Å²) in [5.41, 5.74) is 0. The van der Waals surface area contributed by atoms with Gasteiger partial charge in [0.1, 0.15) is 6.04 Å². The standard InChI is InChI=1S/C12H20N2O3S/c1-8(2)9-3-4-13(5-9)12(17)14-7-18-6-10(14)11(15)16/h8-10H,3-7H2,1-2H3,(H,15,16). The van der Waals surface area contributed by atoms with E-state index in [0.29, 0.717) is 23.5 Å². The number of carbonyl (C=O) groups is 2. The van der Waals surface area contributed by atoms with Crippen LogP contribution in [0.1, 0.15) is 20.3 Å². The molecule has 1 N–H and O–H groups in total. The molecule has 0 radical (unpaired) electrons. The van der Waals surface area contributed by atoms with Gasteiger partial charge in [0, 0.05) is 18.8 Å². The van der Waals surface area contributed by atoms with Gasteiger partial charge < -0.3 is 14.9 Å². The smallest absolute Gasteiger partial charge is 0.327 e. The maximum absolute atomic E-state index is 12.3. The molecule has 0 aromatic rings. The summed E-state index contributed by atoms with van der Waals surface area (Å²) < 4.78 is 0. The zero-order valence-electron chi connectivity index (χ0n) is 10.8. The molecular weight excluding hydrogens is 252 g/mol. The van der Waals surface area contributed by atoms with E-state index < -0.39 is 12.0 Å². The Morgan fingerprint density at radius 3 is 2.67 bits per heavy atom. The average Bonchev–Trinajstić information content (AvgIpc) is 2.97. The van der Waals surface area contributed by atoms with Gasteiger partial charge in [0.25, 0.3) is 0 Å². The number of likely N-dealkylation sites (tertiary alicyclic amines) is 1. The molecule has 0 saturated carbocycles. The minimum Gasteiger partial charge on any atom is -0.480 e. The van der Waals surface area contributed by atoms with Gasteiger partial charge >= 0.3 is 12.0 Å². The van der Waals surface area contributed by atoms with Gasteiger partial charge in [0.2, 0.25) is 0 Å². The Morgan fingerprint density at radius 1 is 1.39 bits per heavy atom. The minimum absolute atomic E-state index is 0.101. The third-order valence-electron chi connectivity index (χ3n) is 3.85. The third kappa shape index (κ3) is 2.58. The second kappa shape index (κ2) is 5.38. The normalized spacial score (nSPS) is 28.2. The second-order valence-electron chi connectivity index (χ2n) is 5.35. The average molecular weight is 272 g/mol. The van der Waals surface area contributed by atoms with Crippen molar-refractivity contribution < 1.29 is 14.7 Å². The lowest BCUT2D eigenvalue weighted by molar-refractivity contribution is -0.140. The molecule has 5 nitrogen and oxygen atoms in total. The Balaban J connectivity index is 1.98. The van der Waals surface area contributed by atoms with Crippen molar-refractivity contribution in [1.29, 1.82) is 0 Å². The first kappa shape index (κ1) is 13.5. The van der Waals surface area contributed by atoms with Crippen molar-refractivity contribution in [2.24, 2.45) is 11.8 Å². The van der Waals surface area contributed by atoms with Crippen LogP contribution in [0.3, 0.4) is 0 Å². The molecule has 2 saturated heterocycles. The van der Waals surface area contributed by atoms with E-state index >= 15 is 0 Å². The van der Waals surface area contributed by atoms with Crippen molar-refractivity contribution in [2.45, 2.75) is 26.3 Å². The fraction of sp³-hybridized carbons (Fsp3) is 0.833. The maximum Gasteiger partial charge on any atom is 0.327 e. The summed E-state index contributed by atoms with van der Waals surface area (Å²) in [7, 11) is 0. The van der Waals surface area contributed by atoms with Crippen LogP contribution in [0.2, 0.25) is 0 Å². The van der Waals surface area contributed by atoms with Crippen LogP contribution in [0.5, 0.6) is 0 Å². The van der Waals surface area contributed by atoms with Crippen molar-refractivity contribution >= 4 is 23.8 Å². The Hall–Kier alpha value is -0.910. The molecule has 2 atom stereocenters. The number of carbonyl (C=O) groups excluding carboxylic acids is 1. The van der Waals surface area contributed by atoms with Crippen LogP contribution in [-0.4, -0.2) is 57.7 Å². The number of urea groups is 1. The minimum atomic E-state index is -0.895. The number of amides is 2. The van der Waals surface area contributed by atoms with E-state index in [1.165, 1.54) is 16.7 Å². The first-order valence-electron chi connectivity index (χ1n) is 6.36. The number of thioether (sulfide) groups is 1. The lowest BCUT2D eigenvalue weighted by Gasteiger charge is -2.27. The molecule has 2 rings (SSSR count). The summed E-state index contributed by atoms with van der Waals surface area (Å²) in [6.45, 7) is 5.87. The molecule has 2 unspecified atom stereocenters. The highest BCUT2D eigenvalue weighted by atomic mass is 32.2. The topological polar surface area (TPSA) is 60.9 Å². The van der Waals surface area contributed by atoms with Gasteiger partial charge in [-0.25, -0.2) is 9.59 Å². The largest absolute Gasteiger partial charge is 0.480 e. The van der Waals surface area contributed by atoms with Gasteiger partial charge in [-0.15, -0.1) is 11.8 Å². The number of carboxylic acid groups (broad SMARTS) is 1. The van der Waals surface area contributed by atoms with Gasteiger partial charge in [-0.05, 0) is 18.3 Å². The second-order valence-corrected chi connectivity index (χ2v) is 6.34. The number of nitrogens with zero attached hydrogens (tertiary/aromatic N) is 2. The van der Waals surface area contributed by atoms with Crippen LogP contribution < -0.4 is 0 Å². The molecule has 0 aromatic carbocycles. The molecule has 2 aliphatic rings. The van der Waals surface area contributed by atoms with Crippen LogP contribution in [0.25, 0.3) is 0 Å². The van der Waals surface area contributed by atoms with Gasteiger partial charge in [0.15, 0.2) is 0 Å². The molecule has 18 heavy (non-hydrogen) atoms. The van der Waals surface area contributed by atoms with E-state index in [4.69, 9.17) is 5.11 Å². The molecule has 2 heterocycles. The summed E-state index contributed by atoms with van der Waals surface area (Å²) in [6, 6.07) is -0.754. The van der Waals surface area contributed by atoms with Crippen LogP contribution in [0, 0.1) is 11.8 Å². The fourth-order valence-electron chi connectivity index (χ4n) is 2.52. The summed E-state index contributed by atoms with van der Waals surface area (Å²) in [5.74, 6) is 1.23. The highest BCUT2D eigenvalue weighted by Crippen LogP contribution is 2.28. The molecule has 0 aliphatic carbocycles. The van der Waals surface area contributed by atoms with Crippen molar-refractivity contribution in [3.05, 3.63) is 0 Å². The molecule has 0 spiro atoms. The van der Waals surface area contributed by atoms with Gasteiger partial charge in [-0.1, -0.05) is 13.8 Å². The first-order chi connectivity index (χ1) is 8.50. The van der Waals surface area contributed by atoms with E-state index in [9.17, 15) is 9.59 Å². The third-order valence-corrected chi connectivity index (χ3v) is 4.86. The Labute approximate surface area is 112 Å².